The molecule has 2 rings (SSSR count). The number of aliphatic hydroxyl groups is 1. The molecule has 1 aromatic carbocycles. The third-order valence-electron chi connectivity index (χ3n) is 4.61. The molecule has 0 fully saturated rings. The number of rotatable bonds is 20. The van der Waals surface area contributed by atoms with Gasteiger partial charge in [-0.1, -0.05) is 0 Å². The van der Waals surface area contributed by atoms with Gasteiger partial charge in [0.15, 0.2) is 6.61 Å². The summed E-state index contributed by atoms with van der Waals surface area (Å²) in [5.41, 5.74) is -0.905. The molecule has 0 saturated carbocycles. The molecule has 212 valence electrons. The van der Waals surface area contributed by atoms with Gasteiger partial charge >= 0.3 is 6.18 Å². The number of halogens is 3. The number of aliphatic hydroxyl groups excluding tert-OH is 1. The molecule has 0 bridgehead atoms. The van der Waals surface area contributed by atoms with Crippen LogP contribution in [0.15, 0.2) is 42.7 Å². The summed E-state index contributed by atoms with van der Waals surface area (Å²) in [5, 5.41) is 11.3. The van der Waals surface area contributed by atoms with E-state index < -0.39 is 11.7 Å². The number of hydrogen-bond acceptors (Lipinski definition) is 9. The van der Waals surface area contributed by atoms with Gasteiger partial charge in [0.25, 0.3) is 5.91 Å². The molecule has 1 amide bonds. The van der Waals surface area contributed by atoms with Gasteiger partial charge in [0.1, 0.15) is 17.2 Å². The number of hydrogen-bond donors (Lipinski definition) is 2. The average molecular weight is 547 g/mol. The van der Waals surface area contributed by atoms with Crippen molar-refractivity contribution in [3.8, 4) is 17.2 Å². The maximum absolute atomic E-state index is 12.8. The molecule has 0 aliphatic carbocycles. The average Bonchev–Trinajstić information content (AvgIpc) is 2.90. The predicted octanol–water partition coefficient (Wildman–Crippen LogP) is 2.84. The molecule has 0 saturated heterocycles. The Hall–Kier alpha value is -2.97. The van der Waals surface area contributed by atoms with Crippen LogP contribution in [-0.4, -0.2) is 88.6 Å². The Morgan fingerprint density at radius 1 is 0.816 bits per heavy atom. The molecular weight excluding hydrogens is 513 g/mol. The minimum Gasteiger partial charge on any atom is -0.484 e. The van der Waals surface area contributed by atoms with Crippen molar-refractivity contribution < 1.29 is 51.5 Å². The molecule has 10 nitrogen and oxygen atoms in total. The molecule has 1 heterocycles. The molecular formula is C25H33F3N2O8. The van der Waals surface area contributed by atoms with Crippen LogP contribution in [0.5, 0.6) is 17.2 Å². The lowest BCUT2D eigenvalue weighted by Gasteiger charge is -2.10. The van der Waals surface area contributed by atoms with Crippen LogP contribution in [0.3, 0.4) is 0 Å². The second-order valence-electron chi connectivity index (χ2n) is 7.65. The quantitative estimate of drug-likeness (QED) is 0.242. The highest BCUT2D eigenvalue weighted by Crippen LogP contribution is 2.32. The molecule has 0 aliphatic rings. The maximum Gasteiger partial charge on any atom is 0.418 e. The summed E-state index contributed by atoms with van der Waals surface area (Å²) in [7, 11) is 0. The van der Waals surface area contributed by atoms with E-state index in [2.05, 4.69) is 10.3 Å². The summed E-state index contributed by atoms with van der Waals surface area (Å²) in [6.45, 7) is 3.64. The summed E-state index contributed by atoms with van der Waals surface area (Å²) in [4.78, 5) is 15.5. The van der Waals surface area contributed by atoms with Crippen molar-refractivity contribution in [2.24, 2.45) is 0 Å². The first-order valence-electron chi connectivity index (χ1n) is 12.0. The van der Waals surface area contributed by atoms with Gasteiger partial charge in [0.2, 0.25) is 0 Å². The van der Waals surface area contributed by atoms with E-state index in [9.17, 15) is 18.0 Å². The molecule has 2 aromatic rings. The van der Waals surface area contributed by atoms with Gasteiger partial charge < -0.3 is 38.8 Å². The lowest BCUT2D eigenvalue weighted by Crippen LogP contribution is -2.30. The maximum atomic E-state index is 12.8. The summed E-state index contributed by atoms with van der Waals surface area (Å²) in [5.74, 6) is 0.345. The Balaban J connectivity index is 1.47. The van der Waals surface area contributed by atoms with Crippen molar-refractivity contribution in [3.05, 3.63) is 48.3 Å². The second-order valence-corrected chi connectivity index (χ2v) is 7.65. The molecule has 2 N–H and O–H groups in total. The monoisotopic (exact) mass is 546 g/mol. The van der Waals surface area contributed by atoms with Crippen LogP contribution < -0.4 is 14.8 Å². The van der Waals surface area contributed by atoms with Crippen molar-refractivity contribution >= 4 is 5.91 Å². The van der Waals surface area contributed by atoms with Crippen LogP contribution in [0, 0.1) is 0 Å². The first-order chi connectivity index (χ1) is 18.4. The zero-order chi connectivity index (χ0) is 27.5. The number of nitrogens with zero attached hydrogens (tertiary/aromatic N) is 1. The van der Waals surface area contributed by atoms with Gasteiger partial charge in [-0.3, -0.25) is 9.78 Å². The number of benzene rings is 1. The number of amides is 1. The molecule has 0 unspecified atom stereocenters. The van der Waals surface area contributed by atoms with Crippen molar-refractivity contribution in [2.75, 3.05) is 72.6 Å². The van der Waals surface area contributed by atoms with Crippen molar-refractivity contribution in [1.82, 2.24) is 10.3 Å². The number of ether oxygens (including phenoxy) is 6. The highest BCUT2D eigenvalue weighted by molar-refractivity contribution is 5.77. The normalized spacial score (nSPS) is 11.4. The van der Waals surface area contributed by atoms with E-state index >= 15 is 0 Å². The number of carbonyl (C=O) groups excluding carboxylic acids is 1. The van der Waals surface area contributed by atoms with E-state index in [0.717, 1.165) is 12.3 Å². The number of alkyl halides is 3. The Kier molecular flexibility index (Phi) is 15.1. The minimum absolute atomic E-state index is 0.00443. The number of nitrogens with one attached hydrogen (secondary N) is 1. The van der Waals surface area contributed by atoms with Gasteiger partial charge in [0.05, 0.1) is 64.6 Å². The fourth-order valence-corrected chi connectivity index (χ4v) is 2.80. The summed E-state index contributed by atoms with van der Waals surface area (Å²) < 4.78 is 70.3. The third-order valence-corrected chi connectivity index (χ3v) is 4.61. The first-order valence-corrected chi connectivity index (χ1v) is 12.0. The Bertz CT molecular complexity index is 916. The molecule has 0 aliphatic heterocycles. The highest BCUT2D eigenvalue weighted by Gasteiger charge is 2.31. The van der Waals surface area contributed by atoms with E-state index in [1.54, 1.807) is 12.1 Å². The van der Waals surface area contributed by atoms with Gasteiger partial charge in [-0.2, -0.15) is 13.2 Å². The molecule has 0 spiro atoms. The van der Waals surface area contributed by atoms with Crippen LogP contribution in [-0.2, 0) is 29.9 Å². The smallest absolute Gasteiger partial charge is 0.418 e. The SMILES string of the molecule is O=C(COc1ccc(Oc2cncc(C(F)(F)F)c2)cc1)NCCCOCCOCCOCCOCCO. The standard InChI is InChI=1S/C25H33F3N2O8/c26-25(27,28)20-16-23(18-29-17-20)38-22-4-2-21(3-5-22)37-19-24(32)30-6-1-8-33-10-12-35-14-15-36-13-11-34-9-7-31/h2-5,16-18,31H,1,6-15,19H2,(H,30,32). The molecule has 1 aromatic heterocycles. The number of carbonyl (C=O) groups is 1. The Morgan fingerprint density at radius 2 is 1.39 bits per heavy atom. The van der Waals surface area contributed by atoms with Gasteiger partial charge in [-0.25, -0.2) is 0 Å². The van der Waals surface area contributed by atoms with Crippen LogP contribution in [0.4, 0.5) is 13.2 Å². The first kappa shape index (κ1) is 31.2. The van der Waals surface area contributed by atoms with Crippen LogP contribution in [0.25, 0.3) is 0 Å². The van der Waals surface area contributed by atoms with Crippen LogP contribution in [0.1, 0.15) is 12.0 Å². The Morgan fingerprint density at radius 3 is 2.00 bits per heavy atom. The topological polar surface area (TPSA) is 118 Å². The zero-order valence-electron chi connectivity index (χ0n) is 20.9. The fourth-order valence-electron chi connectivity index (χ4n) is 2.80. The molecule has 0 radical (unpaired) electrons. The minimum atomic E-state index is -4.51. The fraction of sp³-hybridized carbons (Fsp3) is 0.520. The number of aromatic nitrogens is 1. The lowest BCUT2D eigenvalue weighted by atomic mass is 10.2. The van der Waals surface area contributed by atoms with E-state index in [0.29, 0.717) is 77.3 Å². The molecule has 0 atom stereocenters. The van der Waals surface area contributed by atoms with Gasteiger partial charge in [0, 0.05) is 19.3 Å². The Labute approximate surface area is 219 Å². The number of pyridine rings is 1. The summed E-state index contributed by atoms with van der Waals surface area (Å²) in [6.07, 6.45) is -1.99. The van der Waals surface area contributed by atoms with Crippen LogP contribution >= 0.6 is 0 Å². The zero-order valence-corrected chi connectivity index (χ0v) is 20.9. The van der Waals surface area contributed by atoms with E-state index in [1.165, 1.54) is 18.3 Å². The van der Waals surface area contributed by atoms with Gasteiger partial charge in [-0.05, 0) is 36.8 Å². The summed E-state index contributed by atoms with van der Waals surface area (Å²) in [6, 6.07) is 6.97. The largest absolute Gasteiger partial charge is 0.484 e. The van der Waals surface area contributed by atoms with Crippen molar-refractivity contribution in [2.45, 2.75) is 12.6 Å². The van der Waals surface area contributed by atoms with E-state index in [-0.39, 0.29) is 24.9 Å². The summed E-state index contributed by atoms with van der Waals surface area (Å²) >= 11 is 0. The second kappa shape index (κ2) is 18.3. The predicted molar refractivity (Wildman–Crippen MR) is 129 cm³/mol. The lowest BCUT2D eigenvalue weighted by molar-refractivity contribution is -0.138. The third kappa shape index (κ3) is 14.1. The van der Waals surface area contributed by atoms with E-state index in [4.69, 9.17) is 33.5 Å². The van der Waals surface area contributed by atoms with E-state index in [1.807, 2.05) is 0 Å². The van der Waals surface area contributed by atoms with Crippen LogP contribution in [0.2, 0.25) is 0 Å². The molecule has 38 heavy (non-hydrogen) atoms. The molecule has 13 heteroatoms. The highest BCUT2D eigenvalue weighted by atomic mass is 19.4. The van der Waals surface area contributed by atoms with Crippen molar-refractivity contribution in [1.29, 1.82) is 0 Å². The van der Waals surface area contributed by atoms with Gasteiger partial charge in [-0.15, -0.1) is 0 Å². The van der Waals surface area contributed by atoms with Crippen molar-refractivity contribution in [3.63, 3.8) is 0 Å².